The van der Waals surface area contributed by atoms with E-state index in [1.165, 1.54) is 12.8 Å². The van der Waals surface area contributed by atoms with E-state index in [1.54, 1.807) is 4.90 Å². The van der Waals surface area contributed by atoms with E-state index in [4.69, 9.17) is 4.74 Å². The largest absolute Gasteiger partial charge is 0.490 e. The molecule has 30 heavy (non-hydrogen) atoms. The molecule has 1 fully saturated rings. The van der Waals surface area contributed by atoms with E-state index in [2.05, 4.69) is 5.32 Å². The maximum atomic E-state index is 12.5. The molecule has 5 heteroatoms. The number of nitrogens with zero attached hydrogens (tertiary/aromatic N) is 1. The van der Waals surface area contributed by atoms with Gasteiger partial charge in [-0.05, 0) is 62.3 Å². The number of carbonyl (C=O) groups excluding carboxylic acids is 2. The van der Waals surface area contributed by atoms with E-state index in [0.29, 0.717) is 32.0 Å². The van der Waals surface area contributed by atoms with E-state index in [0.717, 1.165) is 29.7 Å². The van der Waals surface area contributed by atoms with Gasteiger partial charge in [0.1, 0.15) is 5.75 Å². The van der Waals surface area contributed by atoms with E-state index in [1.807, 2.05) is 61.5 Å². The van der Waals surface area contributed by atoms with Crippen LogP contribution in [0.5, 0.6) is 5.75 Å². The Kier molecular flexibility index (Phi) is 8.30. The Morgan fingerprint density at radius 3 is 2.50 bits per heavy atom. The molecule has 1 N–H and O–H groups in total. The summed E-state index contributed by atoms with van der Waals surface area (Å²) >= 11 is 0. The highest BCUT2D eigenvalue weighted by Gasteiger charge is 2.17. The lowest BCUT2D eigenvalue weighted by atomic mass is 10.1. The molecule has 3 rings (SSSR count). The Morgan fingerprint density at radius 2 is 1.77 bits per heavy atom. The van der Waals surface area contributed by atoms with Gasteiger partial charge in [-0.25, -0.2) is 0 Å². The first-order valence-corrected chi connectivity index (χ1v) is 11.0. The summed E-state index contributed by atoms with van der Waals surface area (Å²) in [6.45, 7) is 3.14. The molecule has 0 saturated heterocycles. The molecule has 1 saturated carbocycles. The molecule has 5 nitrogen and oxygen atoms in total. The second-order valence-corrected chi connectivity index (χ2v) is 7.84. The minimum atomic E-state index is -0.110. The van der Waals surface area contributed by atoms with Crippen molar-refractivity contribution in [2.75, 3.05) is 13.1 Å². The zero-order valence-electron chi connectivity index (χ0n) is 17.8. The average molecular weight is 409 g/mol. The highest BCUT2D eigenvalue weighted by molar-refractivity contribution is 5.84. The Hall–Kier alpha value is -2.82. The van der Waals surface area contributed by atoms with Crippen molar-refractivity contribution >= 4 is 11.8 Å². The minimum Gasteiger partial charge on any atom is -0.490 e. The van der Waals surface area contributed by atoms with E-state index in [9.17, 15) is 9.59 Å². The summed E-state index contributed by atoms with van der Waals surface area (Å²) in [4.78, 5) is 26.5. The van der Waals surface area contributed by atoms with E-state index >= 15 is 0 Å². The standard InChI is InChI=1S/C25H32N2O3/c1-2-27(19-21-9-4-3-5-10-21)25(29)18-26-24(28)16-15-20-11-8-14-23(17-20)30-22-12-6-7-13-22/h3-5,8-11,14,17,22H,2,6-7,12-13,15-16,18-19H2,1H3,(H,26,28). The maximum absolute atomic E-state index is 12.5. The number of rotatable bonds is 10. The smallest absolute Gasteiger partial charge is 0.242 e. The van der Waals surface area contributed by atoms with Crippen LogP contribution in [0.2, 0.25) is 0 Å². The number of aryl methyl sites for hydroxylation is 1. The molecule has 0 unspecified atom stereocenters. The maximum Gasteiger partial charge on any atom is 0.242 e. The van der Waals surface area contributed by atoms with Crippen LogP contribution in [-0.2, 0) is 22.6 Å². The Labute approximate surface area is 179 Å². The van der Waals surface area contributed by atoms with Crippen LogP contribution in [0.1, 0.15) is 50.2 Å². The molecule has 2 amide bonds. The zero-order chi connectivity index (χ0) is 21.2. The second kappa shape index (κ2) is 11.4. The van der Waals surface area contributed by atoms with Gasteiger partial charge >= 0.3 is 0 Å². The number of likely N-dealkylation sites (N-methyl/N-ethyl adjacent to an activating group) is 1. The van der Waals surface area contributed by atoms with Gasteiger partial charge in [0, 0.05) is 19.5 Å². The van der Waals surface area contributed by atoms with Gasteiger partial charge in [-0.2, -0.15) is 0 Å². The summed E-state index contributed by atoms with van der Waals surface area (Å²) < 4.78 is 6.04. The van der Waals surface area contributed by atoms with Crippen molar-refractivity contribution < 1.29 is 14.3 Å². The molecule has 1 aliphatic carbocycles. The Morgan fingerprint density at radius 1 is 1.03 bits per heavy atom. The highest BCUT2D eigenvalue weighted by Crippen LogP contribution is 2.24. The number of amides is 2. The lowest BCUT2D eigenvalue weighted by Gasteiger charge is -2.21. The van der Waals surface area contributed by atoms with Gasteiger partial charge in [0.15, 0.2) is 0 Å². The lowest BCUT2D eigenvalue weighted by molar-refractivity contribution is -0.133. The van der Waals surface area contributed by atoms with E-state index < -0.39 is 0 Å². The topological polar surface area (TPSA) is 58.6 Å². The van der Waals surface area contributed by atoms with Crippen molar-refractivity contribution in [1.82, 2.24) is 10.2 Å². The molecule has 0 radical (unpaired) electrons. The van der Waals surface area contributed by atoms with Crippen LogP contribution < -0.4 is 10.1 Å². The normalized spacial score (nSPS) is 13.8. The van der Waals surface area contributed by atoms with Gasteiger partial charge in [-0.1, -0.05) is 42.5 Å². The number of hydrogen-bond acceptors (Lipinski definition) is 3. The third-order valence-electron chi connectivity index (χ3n) is 5.53. The average Bonchev–Trinajstić information content (AvgIpc) is 3.28. The molecule has 0 spiro atoms. The quantitative estimate of drug-likeness (QED) is 0.644. The number of nitrogens with one attached hydrogen (secondary N) is 1. The summed E-state index contributed by atoms with van der Waals surface area (Å²) in [5, 5.41) is 2.77. The first-order valence-electron chi connectivity index (χ1n) is 11.0. The van der Waals surface area contributed by atoms with Crippen molar-refractivity contribution in [3.8, 4) is 5.75 Å². The van der Waals surface area contributed by atoms with Gasteiger partial charge in [0.2, 0.25) is 11.8 Å². The van der Waals surface area contributed by atoms with Gasteiger partial charge in [-0.15, -0.1) is 0 Å². The van der Waals surface area contributed by atoms with E-state index in [-0.39, 0.29) is 18.4 Å². The van der Waals surface area contributed by atoms with Crippen molar-refractivity contribution in [1.29, 1.82) is 0 Å². The SMILES string of the molecule is CCN(Cc1ccccc1)C(=O)CNC(=O)CCc1cccc(OC2CCCC2)c1. The first kappa shape index (κ1) is 21.9. The molecule has 160 valence electrons. The molecule has 0 atom stereocenters. The second-order valence-electron chi connectivity index (χ2n) is 7.84. The zero-order valence-corrected chi connectivity index (χ0v) is 17.8. The Bertz CT molecular complexity index is 816. The fraction of sp³-hybridized carbons (Fsp3) is 0.440. The minimum absolute atomic E-state index is 0.0321. The molecule has 0 aromatic heterocycles. The van der Waals surface area contributed by atoms with Crippen molar-refractivity contribution in [3.05, 3.63) is 65.7 Å². The summed E-state index contributed by atoms with van der Waals surface area (Å²) in [5.41, 5.74) is 2.16. The third-order valence-corrected chi connectivity index (χ3v) is 5.53. The van der Waals surface area contributed by atoms with Crippen molar-refractivity contribution in [2.24, 2.45) is 0 Å². The van der Waals surface area contributed by atoms with Crippen LogP contribution in [0.3, 0.4) is 0 Å². The summed E-state index contributed by atoms with van der Waals surface area (Å²) in [6, 6.07) is 17.9. The van der Waals surface area contributed by atoms with Gasteiger partial charge in [-0.3, -0.25) is 9.59 Å². The molecule has 0 bridgehead atoms. The number of carbonyl (C=O) groups is 2. The molecular formula is C25H32N2O3. The molecule has 2 aromatic rings. The fourth-order valence-electron chi connectivity index (χ4n) is 3.79. The molecule has 2 aromatic carbocycles. The van der Waals surface area contributed by atoms with Crippen molar-refractivity contribution in [3.63, 3.8) is 0 Å². The summed E-state index contributed by atoms with van der Waals surface area (Å²) in [6.07, 6.45) is 6.04. The first-order chi connectivity index (χ1) is 14.6. The fourth-order valence-corrected chi connectivity index (χ4v) is 3.79. The summed E-state index contributed by atoms with van der Waals surface area (Å²) in [5.74, 6) is 0.706. The number of hydrogen-bond donors (Lipinski definition) is 1. The molecule has 0 heterocycles. The van der Waals surface area contributed by atoms with Crippen LogP contribution in [0.15, 0.2) is 54.6 Å². The predicted octanol–water partition coefficient (Wildman–Crippen LogP) is 4.11. The van der Waals surface area contributed by atoms with Gasteiger partial charge < -0.3 is 15.0 Å². The van der Waals surface area contributed by atoms with Crippen LogP contribution in [0, 0.1) is 0 Å². The molecular weight excluding hydrogens is 376 g/mol. The summed E-state index contributed by atoms with van der Waals surface area (Å²) in [7, 11) is 0. The monoisotopic (exact) mass is 408 g/mol. The lowest BCUT2D eigenvalue weighted by Crippen LogP contribution is -2.39. The van der Waals surface area contributed by atoms with Gasteiger partial charge in [0.05, 0.1) is 12.6 Å². The molecule has 0 aliphatic heterocycles. The number of benzene rings is 2. The van der Waals surface area contributed by atoms with Crippen LogP contribution >= 0.6 is 0 Å². The van der Waals surface area contributed by atoms with Crippen molar-refractivity contribution in [2.45, 2.75) is 58.1 Å². The predicted molar refractivity (Wildman–Crippen MR) is 118 cm³/mol. The van der Waals surface area contributed by atoms with Crippen LogP contribution in [0.25, 0.3) is 0 Å². The van der Waals surface area contributed by atoms with Crippen LogP contribution in [0.4, 0.5) is 0 Å². The molecule has 1 aliphatic rings. The van der Waals surface area contributed by atoms with Gasteiger partial charge in [0.25, 0.3) is 0 Å². The number of ether oxygens (including phenoxy) is 1. The highest BCUT2D eigenvalue weighted by atomic mass is 16.5. The third kappa shape index (κ3) is 6.90. The van der Waals surface area contributed by atoms with Crippen LogP contribution in [-0.4, -0.2) is 35.9 Å². The Balaban J connectivity index is 1.41.